The zero-order chi connectivity index (χ0) is 19.5. The predicted molar refractivity (Wildman–Crippen MR) is 112 cm³/mol. The molecule has 4 rings (SSSR count). The summed E-state index contributed by atoms with van der Waals surface area (Å²) in [4.78, 5) is 25.3. The molecule has 0 unspecified atom stereocenters. The van der Waals surface area contributed by atoms with Crippen LogP contribution in [0.4, 0.5) is 5.00 Å². The molecule has 0 saturated carbocycles. The van der Waals surface area contributed by atoms with Crippen LogP contribution in [0, 0.1) is 0 Å². The fraction of sp³-hybridized carbons (Fsp3) is 0.217. The van der Waals surface area contributed by atoms with Crippen molar-refractivity contribution in [2.75, 3.05) is 11.9 Å². The zero-order valence-corrected chi connectivity index (χ0v) is 16.5. The van der Waals surface area contributed by atoms with Crippen LogP contribution in [0.2, 0.25) is 0 Å². The monoisotopic (exact) mass is 391 g/mol. The number of ether oxygens (including phenoxy) is 1. The van der Waals surface area contributed by atoms with Crippen molar-refractivity contribution in [3.05, 3.63) is 76.2 Å². The highest BCUT2D eigenvalue weighted by Gasteiger charge is 2.24. The molecular formula is C23H21NO3S. The summed E-state index contributed by atoms with van der Waals surface area (Å²) in [5, 5.41) is 5.32. The van der Waals surface area contributed by atoms with E-state index >= 15 is 0 Å². The SMILES string of the molecule is CCOC(=O)c1c(-c2ccc3c(c2)CCC3)csc1NC(=O)c1ccccc1. The average molecular weight is 391 g/mol. The number of hydrogen-bond acceptors (Lipinski definition) is 4. The summed E-state index contributed by atoms with van der Waals surface area (Å²) in [6.45, 7) is 2.06. The quantitative estimate of drug-likeness (QED) is 0.598. The van der Waals surface area contributed by atoms with Gasteiger partial charge in [-0.1, -0.05) is 36.4 Å². The molecular weight excluding hydrogens is 370 g/mol. The number of hydrogen-bond donors (Lipinski definition) is 1. The predicted octanol–water partition coefficient (Wildman–Crippen LogP) is 5.33. The standard InChI is InChI=1S/C23H21NO3S/c1-2-27-23(26)20-19(18-12-11-15-9-6-10-17(15)13-18)14-28-22(20)24-21(25)16-7-4-3-5-8-16/h3-5,7-8,11-14H,2,6,9-10H2,1H3,(H,24,25). The van der Waals surface area contributed by atoms with Crippen LogP contribution >= 0.6 is 11.3 Å². The molecule has 1 amide bonds. The van der Waals surface area contributed by atoms with Gasteiger partial charge in [0.1, 0.15) is 10.6 Å². The molecule has 28 heavy (non-hydrogen) atoms. The minimum Gasteiger partial charge on any atom is -0.462 e. The second-order valence-corrected chi connectivity index (χ2v) is 7.61. The zero-order valence-electron chi connectivity index (χ0n) is 15.7. The summed E-state index contributed by atoms with van der Waals surface area (Å²) >= 11 is 1.35. The molecule has 142 valence electrons. The minimum absolute atomic E-state index is 0.242. The van der Waals surface area contributed by atoms with Gasteiger partial charge < -0.3 is 10.1 Å². The van der Waals surface area contributed by atoms with Crippen LogP contribution in [0.15, 0.2) is 53.9 Å². The molecule has 0 spiro atoms. The average Bonchev–Trinajstić information content (AvgIpc) is 3.35. The van der Waals surface area contributed by atoms with Gasteiger partial charge in [-0.2, -0.15) is 0 Å². The smallest absolute Gasteiger partial charge is 0.341 e. The molecule has 1 aromatic heterocycles. The minimum atomic E-state index is -0.414. The first-order valence-electron chi connectivity index (χ1n) is 9.44. The summed E-state index contributed by atoms with van der Waals surface area (Å²) in [5.41, 5.74) is 5.49. The van der Waals surface area contributed by atoms with E-state index in [0.29, 0.717) is 16.1 Å². The normalized spacial score (nSPS) is 12.5. The third kappa shape index (κ3) is 3.58. The Morgan fingerprint density at radius 3 is 2.64 bits per heavy atom. The van der Waals surface area contributed by atoms with Gasteiger partial charge in [0, 0.05) is 16.5 Å². The summed E-state index contributed by atoms with van der Waals surface area (Å²) in [6.07, 6.45) is 3.35. The van der Waals surface area contributed by atoms with Crippen LogP contribution in [-0.4, -0.2) is 18.5 Å². The molecule has 0 saturated heterocycles. The Morgan fingerprint density at radius 1 is 1.07 bits per heavy atom. The van der Waals surface area contributed by atoms with Crippen molar-refractivity contribution in [2.24, 2.45) is 0 Å². The molecule has 3 aromatic rings. The van der Waals surface area contributed by atoms with Crippen LogP contribution in [0.1, 0.15) is 45.2 Å². The molecule has 0 fully saturated rings. The fourth-order valence-electron chi connectivity index (χ4n) is 3.57. The summed E-state index contributed by atoms with van der Waals surface area (Å²) < 4.78 is 5.29. The molecule has 5 heteroatoms. The van der Waals surface area contributed by atoms with E-state index in [9.17, 15) is 9.59 Å². The summed E-state index contributed by atoms with van der Waals surface area (Å²) in [5.74, 6) is -0.656. The van der Waals surface area contributed by atoms with E-state index in [1.807, 2.05) is 23.6 Å². The Morgan fingerprint density at radius 2 is 1.86 bits per heavy atom. The lowest BCUT2D eigenvalue weighted by Gasteiger charge is -2.10. The van der Waals surface area contributed by atoms with Gasteiger partial charge in [-0.25, -0.2) is 4.79 Å². The molecule has 1 heterocycles. The van der Waals surface area contributed by atoms with Crippen molar-refractivity contribution in [1.29, 1.82) is 0 Å². The van der Waals surface area contributed by atoms with Crippen LogP contribution < -0.4 is 5.32 Å². The van der Waals surface area contributed by atoms with Gasteiger partial charge in [0.15, 0.2) is 0 Å². The van der Waals surface area contributed by atoms with Crippen molar-refractivity contribution >= 4 is 28.2 Å². The molecule has 1 aliphatic carbocycles. The number of aryl methyl sites for hydroxylation is 2. The number of esters is 1. The Balaban J connectivity index is 1.71. The van der Waals surface area contributed by atoms with E-state index in [0.717, 1.165) is 24.0 Å². The van der Waals surface area contributed by atoms with Crippen LogP contribution in [0.5, 0.6) is 0 Å². The molecule has 0 radical (unpaired) electrons. The van der Waals surface area contributed by atoms with Gasteiger partial charge in [-0.15, -0.1) is 11.3 Å². The summed E-state index contributed by atoms with van der Waals surface area (Å²) in [7, 11) is 0. The second kappa shape index (κ2) is 7.98. The van der Waals surface area contributed by atoms with Crippen LogP contribution in [0.3, 0.4) is 0 Å². The highest BCUT2D eigenvalue weighted by Crippen LogP contribution is 2.38. The Kier molecular flexibility index (Phi) is 5.26. The Labute approximate surface area is 168 Å². The first-order chi connectivity index (χ1) is 13.7. The molecule has 1 N–H and O–H groups in total. The summed E-state index contributed by atoms with van der Waals surface area (Å²) in [6, 6.07) is 15.3. The van der Waals surface area contributed by atoms with E-state index in [4.69, 9.17) is 4.74 Å². The molecule has 4 nitrogen and oxygen atoms in total. The maximum Gasteiger partial charge on any atom is 0.341 e. The number of fused-ring (bicyclic) bond motifs is 1. The van der Waals surface area contributed by atoms with Crippen molar-refractivity contribution in [1.82, 2.24) is 0 Å². The molecule has 0 bridgehead atoms. The van der Waals surface area contributed by atoms with Gasteiger partial charge in [-0.3, -0.25) is 4.79 Å². The first-order valence-corrected chi connectivity index (χ1v) is 10.3. The van der Waals surface area contributed by atoms with Crippen LogP contribution in [0.25, 0.3) is 11.1 Å². The van der Waals surface area contributed by atoms with Gasteiger partial charge in [0.05, 0.1) is 6.61 Å². The van der Waals surface area contributed by atoms with E-state index < -0.39 is 5.97 Å². The number of carbonyl (C=O) groups excluding carboxylic acids is 2. The van der Waals surface area contributed by atoms with Crippen LogP contribution in [-0.2, 0) is 17.6 Å². The van der Waals surface area contributed by atoms with Gasteiger partial charge >= 0.3 is 5.97 Å². The fourth-order valence-corrected chi connectivity index (χ4v) is 4.52. The number of thiophene rings is 1. The Hall–Kier alpha value is -2.92. The number of anilines is 1. The molecule has 0 aliphatic heterocycles. The largest absolute Gasteiger partial charge is 0.462 e. The lowest BCUT2D eigenvalue weighted by atomic mass is 9.99. The molecule has 2 aromatic carbocycles. The lowest BCUT2D eigenvalue weighted by Crippen LogP contribution is -2.14. The van der Waals surface area contributed by atoms with E-state index in [2.05, 4.69) is 23.5 Å². The maximum atomic E-state index is 12.7. The highest BCUT2D eigenvalue weighted by atomic mass is 32.1. The maximum absolute atomic E-state index is 12.7. The Bertz CT molecular complexity index is 1020. The molecule has 1 aliphatic rings. The van der Waals surface area contributed by atoms with Gasteiger partial charge in [0.2, 0.25) is 0 Å². The number of nitrogens with one attached hydrogen (secondary N) is 1. The third-order valence-electron chi connectivity index (χ3n) is 4.94. The number of rotatable bonds is 5. The van der Waals surface area contributed by atoms with Gasteiger partial charge in [-0.05, 0) is 55.0 Å². The number of benzene rings is 2. The highest BCUT2D eigenvalue weighted by molar-refractivity contribution is 7.15. The van der Waals surface area contributed by atoms with Crippen molar-refractivity contribution in [3.63, 3.8) is 0 Å². The van der Waals surface area contributed by atoms with Gasteiger partial charge in [0.25, 0.3) is 5.91 Å². The van der Waals surface area contributed by atoms with Crippen molar-refractivity contribution in [2.45, 2.75) is 26.2 Å². The first kappa shape index (κ1) is 18.4. The number of carbonyl (C=O) groups is 2. The van der Waals surface area contributed by atoms with E-state index in [1.54, 1.807) is 19.1 Å². The lowest BCUT2D eigenvalue weighted by molar-refractivity contribution is 0.0529. The van der Waals surface area contributed by atoms with Crippen molar-refractivity contribution < 1.29 is 14.3 Å². The third-order valence-corrected chi connectivity index (χ3v) is 5.84. The second-order valence-electron chi connectivity index (χ2n) is 6.73. The van der Waals surface area contributed by atoms with E-state index in [-0.39, 0.29) is 12.5 Å². The van der Waals surface area contributed by atoms with Crippen molar-refractivity contribution in [3.8, 4) is 11.1 Å². The van der Waals surface area contributed by atoms with E-state index in [1.165, 1.54) is 28.9 Å². The topological polar surface area (TPSA) is 55.4 Å². The number of amides is 1. The molecule has 0 atom stereocenters.